The summed E-state index contributed by atoms with van der Waals surface area (Å²) in [6.45, 7) is 10.6. The minimum absolute atomic E-state index is 0.00796. The molecule has 4 heteroatoms. The number of benzene rings is 3. The molecule has 1 amide bonds. The van der Waals surface area contributed by atoms with Crippen LogP contribution in [-0.4, -0.2) is 10.9 Å². The molecule has 0 atom stereocenters. The van der Waals surface area contributed by atoms with Crippen LogP contribution in [0.1, 0.15) is 53.4 Å². The van der Waals surface area contributed by atoms with Crippen molar-refractivity contribution < 1.29 is 4.79 Å². The molecule has 0 bridgehead atoms. The lowest BCUT2D eigenvalue weighted by molar-refractivity contribution is 0.0985. The molecule has 4 rings (SSSR count). The smallest absolute Gasteiger partial charge is 0.258 e. The molecule has 0 aliphatic rings. The molecule has 0 spiro atoms. The van der Waals surface area contributed by atoms with Gasteiger partial charge in [0.15, 0.2) is 0 Å². The van der Waals surface area contributed by atoms with E-state index in [1.807, 2.05) is 86.6 Å². The fourth-order valence-electron chi connectivity index (χ4n) is 4.05. The van der Waals surface area contributed by atoms with E-state index in [2.05, 4.69) is 25.8 Å². The first-order chi connectivity index (χ1) is 15.6. The Bertz CT molecular complexity index is 1380. The maximum absolute atomic E-state index is 13.7. The Morgan fingerprint density at radius 3 is 2.27 bits per heavy atom. The molecule has 0 saturated heterocycles. The number of pyridine rings is 1. The fraction of sp³-hybridized carbons (Fsp3) is 0.241. The van der Waals surface area contributed by atoms with Gasteiger partial charge in [0.25, 0.3) is 11.5 Å². The van der Waals surface area contributed by atoms with Gasteiger partial charge in [0, 0.05) is 22.3 Å². The number of anilines is 1. The molecule has 0 fully saturated rings. The van der Waals surface area contributed by atoms with Crippen LogP contribution in [0.5, 0.6) is 0 Å². The Labute approximate surface area is 194 Å². The van der Waals surface area contributed by atoms with E-state index in [1.54, 1.807) is 4.90 Å². The standard InChI is InChI=1S/C29H30N2O2/c1-19-10-11-22-17-23(27(32)30-25(22)16-19)18-31(26-9-7-6-8-20(26)2)28(33)21-12-14-24(15-13-21)29(3,4)5/h6-17H,18H2,1-5H3,(H,30,32). The Kier molecular flexibility index (Phi) is 5.94. The number of hydrogen-bond acceptors (Lipinski definition) is 2. The quantitative estimate of drug-likeness (QED) is 0.407. The summed E-state index contributed by atoms with van der Waals surface area (Å²) in [5, 5.41) is 0.946. The van der Waals surface area contributed by atoms with Gasteiger partial charge in [-0.15, -0.1) is 0 Å². The SMILES string of the molecule is Cc1ccc2cc(CN(C(=O)c3ccc(C(C)(C)C)cc3)c3ccccc3C)c(=O)[nH]c2c1. The van der Waals surface area contributed by atoms with Gasteiger partial charge in [-0.1, -0.05) is 63.2 Å². The van der Waals surface area contributed by atoms with Gasteiger partial charge in [0.1, 0.15) is 0 Å². The summed E-state index contributed by atoms with van der Waals surface area (Å²) in [4.78, 5) is 31.3. The zero-order valence-corrected chi connectivity index (χ0v) is 19.9. The molecule has 0 aliphatic heterocycles. The number of aromatic nitrogens is 1. The number of nitrogens with one attached hydrogen (secondary N) is 1. The van der Waals surface area contributed by atoms with Gasteiger partial charge in [0.2, 0.25) is 0 Å². The summed E-state index contributed by atoms with van der Waals surface area (Å²) < 4.78 is 0. The van der Waals surface area contributed by atoms with Crippen molar-refractivity contribution in [3.63, 3.8) is 0 Å². The Balaban J connectivity index is 1.77. The first kappa shape index (κ1) is 22.5. The highest BCUT2D eigenvalue weighted by molar-refractivity contribution is 6.06. The van der Waals surface area contributed by atoms with Crippen LogP contribution in [0.3, 0.4) is 0 Å². The predicted octanol–water partition coefficient (Wildman–Crippen LogP) is 6.29. The fourth-order valence-corrected chi connectivity index (χ4v) is 4.05. The summed E-state index contributed by atoms with van der Waals surface area (Å²) in [6.07, 6.45) is 0. The molecule has 0 radical (unpaired) electrons. The van der Waals surface area contributed by atoms with E-state index in [0.717, 1.165) is 27.7 Å². The molecule has 0 saturated carbocycles. The summed E-state index contributed by atoms with van der Waals surface area (Å²) in [5.41, 5.74) is 5.81. The average Bonchev–Trinajstić information content (AvgIpc) is 2.77. The van der Waals surface area contributed by atoms with Crippen LogP contribution in [0.25, 0.3) is 10.9 Å². The van der Waals surface area contributed by atoms with Gasteiger partial charge in [0.05, 0.1) is 6.54 Å². The topological polar surface area (TPSA) is 53.2 Å². The molecular formula is C29H30N2O2. The summed E-state index contributed by atoms with van der Waals surface area (Å²) in [5.74, 6) is -0.131. The maximum atomic E-state index is 13.7. The molecule has 4 aromatic rings. The monoisotopic (exact) mass is 438 g/mol. The van der Waals surface area contributed by atoms with Crippen molar-refractivity contribution in [3.8, 4) is 0 Å². The number of para-hydroxylation sites is 1. The van der Waals surface area contributed by atoms with Crippen LogP contribution < -0.4 is 10.5 Å². The first-order valence-electron chi connectivity index (χ1n) is 11.2. The zero-order valence-electron chi connectivity index (χ0n) is 19.9. The molecule has 1 N–H and O–H groups in total. The molecule has 33 heavy (non-hydrogen) atoms. The number of rotatable bonds is 4. The third-order valence-corrected chi connectivity index (χ3v) is 6.06. The van der Waals surface area contributed by atoms with Gasteiger partial charge < -0.3 is 9.88 Å². The lowest BCUT2D eigenvalue weighted by atomic mass is 9.86. The summed E-state index contributed by atoms with van der Waals surface area (Å²) in [7, 11) is 0. The Morgan fingerprint density at radius 2 is 1.61 bits per heavy atom. The number of amides is 1. The Hall–Kier alpha value is -3.66. The van der Waals surface area contributed by atoms with E-state index in [0.29, 0.717) is 11.1 Å². The lowest BCUT2D eigenvalue weighted by Crippen LogP contribution is -2.33. The molecule has 168 valence electrons. The van der Waals surface area contributed by atoms with Crippen LogP contribution >= 0.6 is 0 Å². The van der Waals surface area contributed by atoms with Gasteiger partial charge in [-0.3, -0.25) is 9.59 Å². The number of carbonyl (C=O) groups excluding carboxylic acids is 1. The second kappa shape index (κ2) is 8.70. The van der Waals surface area contributed by atoms with E-state index in [1.165, 1.54) is 5.56 Å². The number of fused-ring (bicyclic) bond motifs is 1. The highest BCUT2D eigenvalue weighted by Crippen LogP contribution is 2.26. The zero-order chi connectivity index (χ0) is 23.8. The van der Waals surface area contributed by atoms with E-state index in [-0.39, 0.29) is 23.4 Å². The molecule has 3 aromatic carbocycles. The second-order valence-corrected chi connectivity index (χ2v) is 9.72. The van der Waals surface area contributed by atoms with Crippen LogP contribution in [0.2, 0.25) is 0 Å². The van der Waals surface area contributed by atoms with Crippen LogP contribution in [-0.2, 0) is 12.0 Å². The van der Waals surface area contributed by atoms with Crippen molar-refractivity contribution in [1.29, 1.82) is 0 Å². The average molecular weight is 439 g/mol. The lowest BCUT2D eigenvalue weighted by Gasteiger charge is -2.25. The minimum Gasteiger partial charge on any atom is -0.322 e. The molecule has 1 aromatic heterocycles. The maximum Gasteiger partial charge on any atom is 0.258 e. The van der Waals surface area contributed by atoms with E-state index in [4.69, 9.17) is 0 Å². The predicted molar refractivity (Wildman–Crippen MR) is 136 cm³/mol. The number of hydrogen-bond donors (Lipinski definition) is 1. The largest absolute Gasteiger partial charge is 0.322 e. The summed E-state index contributed by atoms with van der Waals surface area (Å²) in [6, 6.07) is 23.4. The number of aryl methyl sites for hydroxylation is 2. The van der Waals surface area contributed by atoms with Crippen LogP contribution in [0, 0.1) is 13.8 Å². The molecular weight excluding hydrogens is 408 g/mol. The minimum atomic E-state index is -0.178. The highest BCUT2D eigenvalue weighted by atomic mass is 16.2. The van der Waals surface area contributed by atoms with Crippen molar-refractivity contribution >= 4 is 22.5 Å². The number of H-pyrrole nitrogens is 1. The first-order valence-corrected chi connectivity index (χ1v) is 11.2. The van der Waals surface area contributed by atoms with Crippen molar-refractivity contribution in [2.45, 2.75) is 46.6 Å². The highest BCUT2D eigenvalue weighted by Gasteiger charge is 2.22. The van der Waals surface area contributed by atoms with Crippen LogP contribution in [0.4, 0.5) is 5.69 Å². The normalized spacial score (nSPS) is 11.5. The van der Waals surface area contributed by atoms with Crippen molar-refractivity contribution in [3.05, 3.63) is 111 Å². The van der Waals surface area contributed by atoms with Crippen molar-refractivity contribution in [2.75, 3.05) is 4.90 Å². The van der Waals surface area contributed by atoms with Gasteiger partial charge >= 0.3 is 0 Å². The summed E-state index contributed by atoms with van der Waals surface area (Å²) >= 11 is 0. The third kappa shape index (κ3) is 4.75. The number of nitrogens with zero attached hydrogens (tertiary/aromatic N) is 1. The third-order valence-electron chi connectivity index (χ3n) is 6.06. The van der Waals surface area contributed by atoms with Gasteiger partial charge in [-0.05, 0) is 71.7 Å². The molecule has 0 aliphatic carbocycles. The number of carbonyl (C=O) groups is 1. The van der Waals surface area contributed by atoms with Crippen molar-refractivity contribution in [1.82, 2.24) is 4.98 Å². The van der Waals surface area contributed by atoms with Gasteiger partial charge in [-0.2, -0.15) is 0 Å². The Morgan fingerprint density at radius 1 is 0.909 bits per heavy atom. The van der Waals surface area contributed by atoms with E-state index >= 15 is 0 Å². The molecule has 4 nitrogen and oxygen atoms in total. The van der Waals surface area contributed by atoms with Gasteiger partial charge in [-0.25, -0.2) is 0 Å². The molecule has 1 heterocycles. The van der Waals surface area contributed by atoms with Crippen LogP contribution in [0.15, 0.2) is 77.6 Å². The van der Waals surface area contributed by atoms with Crippen molar-refractivity contribution in [2.24, 2.45) is 0 Å². The number of aromatic amines is 1. The van der Waals surface area contributed by atoms with E-state index in [9.17, 15) is 9.59 Å². The molecule has 0 unspecified atom stereocenters. The second-order valence-electron chi connectivity index (χ2n) is 9.72. The van der Waals surface area contributed by atoms with E-state index < -0.39 is 0 Å².